The van der Waals surface area contributed by atoms with Gasteiger partial charge in [0.05, 0.1) is 4.92 Å². The van der Waals surface area contributed by atoms with Gasteiger partial charge >= 0.3 is 12.0 Å². The summed E-state index contributed by atoms with van der Waals surface area (Å²) >= 11 is 0. The van der Waals surface area contributed by atoms with Crippen LogP contribution in [0.3, 0.4) is 0 Å². The van der Waals surface area contributed by atoms with Crippen LogP contribution in [0.1, 0.15) is 5.76 Å². The highest BCUT2D eigenvalue weighted by molar-refractivity contribution is 6.14. The third kappa shape index (κ3) is 3.29. The second-order valence-corrected chi connectivity index (χ2v) is 5.28. The first-order valence-electron chi connectivity index (χ1n) is 7.26. The van der Waals surface area contributed by atoms with Crippen LogP contribution in [0.25, 0.3) is 17.4 Å². The molecule has 0 radical (unpaired) electrons. The number of hydrogen-bond acceptors (Lipinski definition) is 6. The van der Waals surface area contributed by atoms with Gasteiger partial charge < -0.3 is 14.8 Å². The molecule has 0 bridgehead atoms. The normalized spacial score (nSPS) is 15.4. The lowest BCUT2D eigenvalue weighted by atomic mass is 10.1. The van der Waals surface area contributed by atoms with Crippen molar-refractivity contribution in [3.8, 4) is 11.3 Å². The number of nitro benzene ring substituents is 1. The molecule has 1 aliphatic rings. The second-order valence-electron chi connectivity index (χ2n) is 5.28. The van der Waals surface area contributed by atoms with Gasteiger partial charge in [-0.1, -0.05) is 12.1 Å². The molecule has 2 aromatic rings. The van der Waals surface area contributed by atoms with Crippen LogP contribution in [0.5, 0.6) is 0 Å². The number of furan rings is 1. The van der Waals surface area contributed by atoms with E-state index in [2.05, 4.69) is 5.32 Å². The third-order valence-electron chi connectivity index (χ3n) is 3.51. The van der Waals surface area contributed by atoms with Crippen molar-refractivity contribution < 1.29 is 28.8 Å². The molecular formula is C16H11N3O7. The number of non-ortho nitro benzene ring substituents is 1. The van der Waals surface area contributed by atoms with Crippen LogP contribution in [0, 0.1) is 10.1 Å². The summed E-state index contributed by atoms with van der Waals surface area (Å²) in [6.07, 6.45) is 1.25. The van der Waals surface area contributed by atoms with Gasteiger partial charge in [0.1, 0.15) is 23.8 Å². The van der Waals surface area contributed by atoms with Crippen molar-refractivity contribution in [2.45, 2.75) is 0 Å². The molecule has 0 aliphatic carbocycles. The Morgan fingerprint density at radius 3 is 2.77 bits per heavy atom. The largest absolute Gasteiger partial charge is 0.480 e. The minimum absolute atomic E-state index is 0.0960. The van der Waals surface area contributed by atoms with Crippen molar-refractivity contribution in [1.29, 1.82) is 0 Å². The summed E-state index contributed by atoms with van der Waals surface area (Å²) in [4.78, 5) is 45.2. The zero-order valence-electron chi connectivity index (χ0n) is 13.0. The maximum atomic E-state index is 12.0. The van der Waals surface area contributed by atoms with Crippen molar-refractivity contribution >= 4 is 29.7 Å². The molecule has 1 aliphatic heterocycles. The number of hydrogen-bond donors (Lipinski definition) is 2. The van der Waals surface area contributed by atoms with E-state index in [1.807, 2.05) is 0 Å². The molecule has 0 spiro atoms. The van der Waals surface area contributed by atoms with Gasteiger partial charge in [-0.25, -0.2) is 9.69 Å². The van der Waals surface area contributed by atoms with E-state index in [1.54, 1.807) is 12.1 Å². The number of benzene rings is 1. The number of rotatable bonds is 5. The Balaban J connectivity index is 1.85. The molecule has 0 atom stereocenters. The number of carboxylic acids is 1. The van der Waals surface area contributed by atoms with Gasteiger partial charge in [0.2, 0.25) is 0 Å². The number of imide groups is 1. The molecule has 2 heterocycles. The SMILES string of the molecule is O=C(O)CN1C(=O)N/C(=C/c2ccc(-c3cccc([N+](=O)[O-])c3)o2)C1=O. The summed E-state index contributed by atoms with van der Waals surface area (Å²) in [5.41, 5.74) is 0.246. The van der Waals surface area contributed by atoms with E-state index in [4.69, 9.17) is 9.52 Å². The number of nitrogens with zero attached hydrogens (tertiary/aromatic N) is 2. The van der Waals surface area contributed by atoms with Crippen molar-refractivity contribution in [3.63, 3.8) is 0 Å². The van der Waals surface area contributed by atoms with Gasteiger partial charge in [0.15, 0.2) is 0 Å². The fourth-order valence-corrected chi connectivity index (χ4v) is 2.35. The maximum Gasteiger partial charge on any atom is 0.329 e. The zero-order valence-corrected chi connectivity index (χ0v) is 13.0. The van der Waals surface area contributed by atoms with Crippen LogP contribution in [0.2, 0.25) is 0 Å². The number of amides is 3. The van der Waals surface area contributed by atoms with Crippen molar-refractivity contribution in [3.05, 3.63) is 58.0 Å². The predicted octanol–water partition coefficient (Wildman–Crippen LogP) is 1.83. The quantitative estimate of drug-likeness (QED) is 0.359. The Labute approximate surface area is 145 Å². The summed E-state index contributed by atoms with van der Waals surface area (Å²) < 4.78 is 5.53. The van der Waals surface area contributed by atoms with Gasteiger partial charge in [-0.15, -0.1) is 0 Å². The molecule has 1 saturated heterocycles. The average molecular weight is 357 g/mol. The Hall–Kier alpha value is -3.95. The van der Waals surface area contributed by atoms with Crippen LogP contribution >= 0.6 is 0 Å². The van der Waals surface area contributed by atoms with Gasteiger partial charge in [0.25, 0.3) is 11.6 Å². The van der Waals surface area contributed by atoms with E-state index >= 15 is 0 Å². The Kier molecular flexibility index (Phi) is 4.23. The van der Waals surface area contributed by atoms with Crippen LogP contribution in [0.4, 0.5) is 10.5 Å². The highest BCUT2D eigenvalue weighted by Gasteiger charge is 2.35. The minimum Gasteiger partial charge on any atom is -0.480 e. The standard InChI is InChI=1S/C16H11N3O7/c20-14(21)8-18-15(22)12(17-16(18)23)7-11-4-5-13(26-11)9-2-1-3-10(6-9)19(24)25/h1-7H,8H2,(H,17,23)(H,20,21)/b12-7+. The minimum atomic E-state index is -1.32. The van der Waals surface area contributed by atoms with Gasteiger partial charge in [-0.05, 0) is 12.1 Å². The molecule has 0 unspecified atom stereocenters. The summed E-state index contributed by atoms with van der Waals surface area (Å²) in [7, 11) is 0. The van der Waals surface area contributed by atoms with Gasteiger partial charge in [0, 0.05) is 23.8 Å². The fraction of sp³-hybridized carbons (Fsp3) is 0.0625. The highest BCUT2D eigenvalue weighted by Crippen LogP contribution is 2.27. The summed E-state index contributed by atoms with van der Waals surface area (Å²) in [6, 6.07) is 8.06. The van der Waals surface area contributed by atoms with Gasteiger partial charge in [-0.3, -0.25) is 19.7 Å². The third-order valence-corrected chi connectivity index (χ3v) is 3.51. The number of carbonyl (C=O) groups is 3. The first-order chi connectivity index (χ1) is 12.3. The van der Waals surface area contributed by atoms with Gasteiger partial charge in [-0.2, -0.15) is 0 Å². The number of aliphatic carboxylic acids is 1. The molecule has 132 valence electrons. The lowest BCUT2D eigenvalue weighted by Crippen LogP contribution is -2.35. The first-order valence-corrected chi connectivity index (χ1v) is 7.26. The number of nitrogens with one attached hydrogen (secondary N) is 1. The first kappa shape index (κ1) is 16.9. The fourth-order valence-electron chi connectivity index (χ4n) is 2.35. The van der Waals surface area contributed by atoms with Crippen LogP contribution in [-0.2, 0) is 9.59 Å². The molecule has 1 fully saturated rings. The number of nitro groups is 1. The van der Waals surface area contributed by atoms with E-state index < -0.39 is 29.4 Å². The highest BCUT2D eigenvalue weighted by atomic mass is 16.6. The molecule has 1 aromatic heterocycles. The lowest BCUT2D eigenvalue weighted by molar-refractivity contribution is -0.384. The number of carbonyl (C=O) groups excluding carboxylic acids is 2. The number of urea groups is 1. The molecule has 0 saturated carbocycles. The van der Waals surface area contributed by atoms with Crippen molar-refractivity contribution in [2.75, 3.05) is 6.54 Å². The van der Waals surface area contributed by atoms with Crippen molar-refractivity contribution in [2.24, 2.45) is 0 Å². The monoisotopic (exact) mass is 357 g/mol. The number of carboxylic acid groups (broad SMARTS) is 1. The molecule has 3 rings (SSSR count). The second kappa shape index (κ2) is 6.51. The molecule has 2 N–H and O–H groups in total. The topological polar surface area (TPSA) is 143 Å². The van der Waals surface area contributed by atoms with E-state index in [1.165, 1.54) is 30.3 Å². The van der Waals surface area contributed by atoms with Crippen LogP contribution in [0.15, 0.2) is 46.5 Å². The molecular weight excluding hydrogens is 346 g/mol. The lowest BCUT2D eigenvalue weighted by Gasteiger charge is -2.06. The smallest absolute Gasteiger partial charge is 0.329 e. The molecule has 26 heavy (non-hydrogen) atoms. The predicted molar refractivity (Wildman–Crippen MR) is 86.7 cm³/mol. The van der Waals surface area contributed by atoms with Crippen LogP contribution < -0.4 is 5.32 Å². The summed E-state index contributed by atoms with van der Waals surface area (Å²) in [5.74, 6) is -1.56. The van der Waals surface area contributed by atoms with E-state index in [-0.39, 0.29) is 17.1 Å². The van der Waals surface area contributed by atoms with E-state index in [0.29, 0.717) is 16.2 Å². The summed E-state index contributed by atoms with van der Waals surface area (Å²) in [5, 5.41) is 21.8. The molecule has 1 aromatic carbocycles. The average Bonchev–Trinajstić information content (AvgIpc) is 3.15. The Morgan fingerprint density at radius 2 is 2.08 bits per heavy atom. The zero-order chi connectivity index (χ0) is 18.8. The Bertz CT molecular complexity index is 960. The Morgan fingerprint density at radius 1 is 1.31 bits per heavy atom. The summed E-state index contributed by atoms with van der Waals surface area (Å²) in [6.45, 7) is -0.751. The maximum absolute atomic E-state index is 12.0. The van der Waals surface area contributed by atoms with Crippen molar-refractivity contribution in [1.82, 2.24) is 10.2 Å². The molecule has 10 heteroatoms. The van der Waals surface area contributed by atoms with Crippen LogP contribution in [-0.4, -0.2) is 39.4 Å². The molecule has 10 nitrogen and oxygen atoms in total. The van der Waals surface area contributed by atoms with E-state index in [9.17, 15) is 24.5 Å². The molecule has 3 amide bonds. The van der Waals surface area contributed by atoms with E-state index in [0.717, 1.165) is 0 Å².